The van der Waals surface area contributed by atoms with Crippen molar-refractivity contribution in [3.63, 3.8) is 0 Å². The van der Waals surface area contributed by atoms with Crippen LogP contribution in [0.4, 0.5) is 0 Å². The lowest BCUT2D eigenvalue weighted by Gasteiger charge is -1.92. The first kappa shape index (κ1) is 8.76. The average molecular weight is 150 g/mol. The van der Waals surface area contributed by atoms with Crippen LogP contribution >= 0.6 is 11.6 Å². The predicted octanol–water partition coefficient (Wildman–Crippen LogP) is 2.59. The average Bonchev–Trinajstić information content (AvgIpc) is 1.89. The Morgan fingerprint density at radius 2 is 2.22 bits per heavy atom. The minimum Gasteiger partial charge on any atom is -0.410 e. The highest BCUT2D eigenvalue weighted by Crippen LogP contribution is 2.02. The van der Waals surface area contributed by atoms with Gasteiger partial charge in [-0.05, 0) is 6.42 Å². The van der Waals surface area contributed by atoms with Gasteiger partial charge in [-0.25, -0.2) is 0 Å². The molecule has 0 rings (SSSR count). The smallest absolute Gasteiger partial charge is 0.145 e. The monoisotopic (exact) mass is 149 g/mol. The summed E-state index contributed by atoms with van der Waals surface area (Å²) in [5.74, 6) is 0. The second-order valence-corrected chi connectivity index (χ2v) is 2.37. The number of halogens is 1. The van der Waals surface area contributed by atoms with Gasteiger partial charge >= 0.3 is 0 Å². The van der Waals surface area contributed by atoms with Gasteiger partial charge < -0.3 is 5.21 Å². The highest BCUT2D eigenvalue weighted by Gasteiger charge is 1.92. The van der Waals surface area contributed by atoms with E-state index in [2.05, 4.69) is 12.1 Å². The molecule has 0 atom stereocenters. The summed E-state index contributed by atoms with van der Waals surface area (Å²) in [5, 5.41) is 11.2. The van der Waals surface area contributed by atoms with Gasteiger partial charge in [0.05, 0.1) is 0 Å². The Labute approximate surface area is 60.5 Å². The molecule has 0 heterocycles. The zero-order valence-corrected chi connectivity index (χ0v) is 6.36. The second-order valence-electron chi connectivity index (χ2n) is 1.93. The fourth-order valence-corrected chi connectivity index (χ4v) is 0.705. The van der Waals surface area contributed by atoms with Gasteiger partial charge in [-0.1, -0.05) is 36.5 Å². The van der Waals surface area contributed by atoms with E-state index in [0.717, 1.165) is 19.3 Å². The summed E-state index contributed by atoms with van der Waals surface area (Å²) in [5.41, 5.74) is 0. The van der Waals surface area contributed by atoms with Crippen molar-refractivity contribution in [2.75, 3.05) is 0 Å². The second kappa shape index (κ2) is 5.89. The summed E-state index contributed by atoms with van der Waals surface area (Å²) in [6.45, 7) is 2.12. The minimum absolute atomic E-state index is 0.309. The van der Waals surface area contributed by atoms with Gasteiger partial charge in [-0.2, -0.15) is 0 Å². The molecule has 0 radical (unpaired) electrons. The van der Waals surface area contributed by atoms with Gasteiger partial charge in [-0.3, -0.25) is 0 Å². The molecule has 2 nitrogen and oxygen atoms in total. The van der Waals surface area contributed by atoms with Gasteiger partial charge in [0.2, 0.25) is 0 Å². The van der Waals surface area contributed by atoms with Crippen molar-refractivity contribution >= 4 is 16.8 Å². The van der Waals surface area contributed by atoms with Crippen LogP contribution in [0, 0.1) is 0 Å². The van der Waals surface area contributed by atoms with Crippen molar-refractivity contribution in [1.82, 2.24) is 0 Å². The largest absolute Gasteiger partial charge is 0.410 e. The first-order valence-electron chi connectivity index (χ1n) is 3.17. The molecule has 3 heteroatoms. The molecule has 0 saturated carbocycles. The van der Waals surface area contributed by atoms with Crippen LogP contribution in [0.1, 0.15) is 32.6 Å². The highest BCUT2D eigenvalue weighted by atomic mass is 35.5. The van der Waals surface area contributed by atoms with E-state index in [1.807, 2.05) is 0 Å². The lowest BCUT2D eigenvalue weighted by Crippen LogP contribution is -1.86. The van der Waals surface area contributed by atoms with E-state index in [-0.39, 0.29) is 0 Å². The molecule has 0 aliphatic carbocycles. The van der Waals surface area contributed by atoms with E-state index in [1.165, 1.54) is 0 Å². The van der Waals surface area contributed by atoms with Crippen molar-refractivity contribution in [2.45, 2.75) is 32.6 Å². The maximum absolute atomic E-state index is 8.09. The van der Waals surface area contributed by atoms with Crippen LogP contribution in [0.5, 0.6) is 0 Å². The molecule has 0 spiro atoms. The highest BCUT2D eigenvalue weighted by molar-refractivity contribution is 6.65. The number of hydrogen-bond acceptors (Lipinski definition) is 2. The van der Waals surface area contributed by atoms with Gasteiger partial charge in [-0.15, -0.1) is 0 Å². The Balaban J connectivity index is 3.07. The first-order chi connectivity index (χ1) is 4.31. The van der Waals surface area contributed by atoms with Crippen LogP contribution in [0.25, 0.3) is 0 Å². The Morgan fingerprint density at radius 3 is 2.67 bits per heavy atom. The van der Waals surface area contributed by atoms with Gasteiger partial charge in [0.15, 0.2) is 0 Å². The number of rotatable bonds is 4. The molecule has 0 aromatic rings. The van der Waals surface area contributed by atoms with Crippen molar-refractivity contribution < 1.29 is 5.21 Å². The molecule has 0 aliphatic rings. The molecule has 0 amide bonds. The van der Waals surface area contributed by atoms with Crippen molar-refractivity contribution in [1.29, 1.82) is 0 Å². The van der Waals surface area contributed by atoms with E-state index < -0.39 is 0 Å². The molecule has 0 aromatic heterocycles. The molecular weight excluding hydrogens is 138 g/mol. The molecule has 0 bridgehead atoms. The third-order valence-corrected chi connectivity index (χ3v) is 1.36. The van der Waals surface area contributed by atoms with Crippen LogP contribution in [0.3, 0.4) is 0 Å². The van der Waals surface area contributed by atoms with E-state index in [9.17, 15) is 0 Å². The Hall–Kier alpha value is -0.240. The molecule has 0 aromatic carbocycles. The lowest BCUT2D eigenvalue weighted by molar-refractivity contribution is 0.319. The summed E-state index contributed by atoms with van der Waals surface area (Å²) in [6.07, 6.45) is 4.02. The third kappa shape index (κ3) is 5.63. The SMILES string of the molecule is CCCCC/C(Cl)=N\O. The van der Waals surface area contributed by atoms with Crippen LogP contribution in [0.15, 0.2) is 5.16 Å². The van der Waals surface area contributed by atoms with Crippen LogP contribution < -0.4 is 0 Å². The maximum atomic E-state index is 8.09. The van der Waals surface area contributed by atoms with Crippen LogP contribution in [-0.2, 0) is 0 Å². The van der Waals surface area contributed by atoms with Crippen LogP contribution in [0.2, 0.25) is 0 Å². The van der Waals surface area contributed by atoms with E-state index in [4.69, 9.17) is 16.8 Å². The fraction of sp³-hybridized carbons (Fsp3) is 0.833. The standard InChI is InChI=1S/C6H12ClNO/c1-2-3-4-5-6(7)8-9/h9H,2-5H2,1H3/b8-6+. The third-order valence-electron chi connectivity index (χ3n) is 1.10. The normalized spacial score (nSPS) is 12.0. The predicted molar refractivity (Wildman–Crippen MR) is 39.2 cm³/mol. The Kier molecular flexibility index (Phi) is 5.73. The fourth-order valence-electron chi connectivity index (χ4n) is 0.571. The first-order valence-corrected chi connectivity index (χ1v) is 3.55. The van der Waals surface area contributed by atoms with Gasteiger partial charge in [0, 0.05) is 6.42 Å². The molecule has 0 aliphatic heterocycles. The molecule has 9 heavy (non-hydrogen) atoms. The van der Waals surface area contributed by atoms with Crippen molar-refractivity contribution in [3.05, 3.63) is 0 Å². The zero-order valence-electron chi connectivity index (χ0n) is 5.60. The maximum Gasteiger partial charge on any atom is 0.145 e. The van der Waals surface area contributed by atoms with E-state index in [1.54, 1.807) is 0 Å². The summed E-state index contributed by atoms with van der Waals surface area (Å²) in [4.78, 5) is 0. The summed E-state index contributed by atoms with van der Waals surface area (Å²) < 4.78 is 0. The Bertz CT molecular complexity index is 93.1. The molecule has 0 saturated heterocycles. The quantitative estimate of drug-likeness (QED) is 0.283. The van der Waals surface area contributed by atoms with Crippen LogP contribution in [-0.4, -0.2) is 10.4 Å². The zero-order chi connectivity index (χ0) is 7.11. The summed E-state index contributed by atoms with van der Waals surface area (Å²) in [7, 11) is 0. The number of unbranched alkanes of at least 4 members (excludes halogenated alkanes) is 2. The molecule has 0 unspecified atom stereocenters. The topological polar surface area (TPSA) is 32.6 Å². The molecule has 54 valence electrons. The minimum atomic E-state index is 0.309. The molecule has 1 N–H and O–H groups in total. The van der Waals surface area contributed by atoms with Crippen molar-refractivity contribution in [3.8, 4) is 0 Å². The lowest BCUT2D eigenvalue weighted by atomic mass is 10.2. The van der Waals surface area contributed by atoms with E-state index >= 15 is 0 Å². The number of hydrogen-bond donors (Lipinski definition) is 1. The van der Waals surface area contributed by atoms with Gasteiger partial charge in [0.25, 0.3) is 0 Å². The summed E-state index contributed by atoms with van der Waals surface area (Å²) >= 11 is 5.40. The number of nitrogens with zero attached hydrogens (tertiary/aromatic N) is 1. The van der Waals surface area contributed by atoms with Gasteiger partial charge in [0.1, 0.15) is 5.17 Å². The molecular formula is C6H12ClNO. The van der Waals surface area contributed by atoms with E-state index in [0.29, 0.717) is 11.6 Å². The summed E-state index contributed by atoms with van der Waals surface area (Å²) in [6, 6.07) is 0. The molecule has 0 fully saturated rings. The number of oxime groups is 1. The van der Waals surface area contributed by atoms with Crippen molar-refractivity contribution in [2.24, 2.45) is 5.16 Å². The Morgan fingerprint density at radius 1 is 1.56 bits per heavy atom.